The summed E-state index contributed by atoms with van der Waals surface area (Å²) in [6.45, 7) is 9.04. The normalized spacial score (nSPS) is 14.8. The molecule has 0 bridgehead atoms. The molecule has 0 radical (unpaired) electrons. The maximum Gasteiger partial charge on any atom is 0.195 e. The summed E-state index contributed by atoms with van der Waals surface area (Å²) in [5.74, 6) is 1.19. The monoisotopic (exact) mass is 434 g/mol. The molecule has 0 unspecified atom stereocenters. The van der Waals surface area contributed by atoms with Crippen molar-refractivity contribution in [3.05, 3.63) is 58.3 Å². The van der Waals surface area contributed by atoms with Crippen LogP contribution in [-0.2, 0) is 10.2 Å². The number of benzene rings is 2. The Bertz CT molecular complexity index is 1200. The molecule has 1 aromatic heterocycles. The number of carbonyl (C=O) groups excluding carboxylic acids is 1. The van der Waals surface area contributed by atoms with E-state index < -0.39 is 5.41 Å². The fourth-order valence-corrected chi connectivity index (χ4v) is 4.38. The molecule has 0 fully saturated rings. The van der Waals surface area contributed by atoms with Crippen molar-refractivity contribution in [1.82, 2.24) is 4.98 Å². The van der Waals surface area contributed by atoms with E-state index in [0.717, 1.165) is 33.3 Å². The number of H-pyrrole nitrogens is 1. The SMILES string of the molecule is CN=Cc1ccc2c3c([nH]c2c1)C(C)(C)c1cc(OCCOC)c(OC(C)C)cc1C3=O. The maximum atomic E-state index is 13.7. The average molecular weight is 435 g/mol. The molecular formula is C26H30N2O4. The first kappa shape index (κ1) is 22.1. The van der Waals surface area contributed by atoms with E-state index >= 15 is 0 Å². The highest BCUT2D eigenvalue weighted by atomic mass is 16.5. The van der Waals surface area contributed by atoms with Crippen LogP contribution in [0.4, 0.5) is 0 Å². The lowest BCUT2D eigenvalue weighted by Crippen LogP contribution is -2.30. The van der Waals surface area contributed by atoms with Gasteiger partial charge >= 0.3 is 0 Å². The topological polar surface area (TPSA) is 72.9 Å². The summed E-state index contributed by atoms with van der Waals surface area (Å²) in [5, 5.41) is 0.920. The number of nitrogens with zero attached hydrogens (tertiary/aromatic N) is 1. The van der Waals surface area contributed by atoms with Gasteiger partial charge in [0.15, 0.2) is 17.3 Å². The number of aliphatic imine (C=N–C) groups is 1. The number of ether oxygens (including phenoxy) is 3. The van der Waals surface area contributed by atoms with Gasteiger partial charge in [0.2, 0.25) is 0 Å². The van der Waals surface area contributed by atoms with Gasteiger partial charge in [-0.2, -0.15) is 0 Å². The Kier molecular flexibility index (Phi) is 5.82. The third-order valence-electron chi connectivity index (χ3n) is 5.86. The van der Waals surface area contributed by atoms with E-state index in [4.69, 9.17) is 14.2 Å². The summed E-state index contributed by atoms with van der Waals surface area (Å²) in [4.78, 5) is 21.4. The molecule has 0 saturated carbocycles. The lowest BCUT2D eigenvalue weighted by Gasteiger charge is -2.33. The quantitative estimate of drug-likeness (QED) is 0.424. The summed E-state index contributed by atoms with van der Waals surface area (Å²) in [5.41, 5.74) is 4.70. The molecule has 0 amide bonds. The number of aromatic amines is 1. The van der Waals surface area contributed by atoms with Crippen LogP contribution in [0.5, 0.6) is 11.5 Å². The number of methoxy groups -OCH3 is 1. The van der Waals surface area contributed by atoms with Gasteiger partial charge < -0.3 is 19.2 Å². The predicted octanol–water partition coefficient (Wildman–Crippen LogP) is 4.90. The molecule has 0 saturated heterocycles. The maximum absolute atomic E-state index is 13.7. The zero-order chi connectivity index (χ0) is 23.0. The second-order valence-corrected chi connectivity index (χ2v) is 8.87. The van der Waals surface area contributed by atoms with Crippen molar-refractivity contribution >= 4 is 22.9 Å². The van der Waals surface area contributed by atoms with Crippen LogP contribution >= 0.6 is 0 Å². The first-order valence-corrected chi connectivity index (χ1v) is 10.9. The highest BCUT2D eigenvalue weighted by Crippen LogP contribution is 2.47. The molecular weight excluding hydrogens is 404 g/mol. The van der Waals surface area contributed by atoms with Crippen LogP contribution in [0, 0.1) is 0 Å². The van der Waals surface area contributed by atoms with Crippen LogP contribution in [0.2, 0.25) is 0 Å². The van der Waals surface area contributed by atoms with E-state index in [1.165, 1.54) is 0 Å². The number of carbonyl (C=O) groups is 1. The molecule has 0 atom stereocenters. The smallest absolute Gasteiger partial charge is 0.195 e. The largest absolute Gasteiger partial charge is 0.487 e. The van der Waals surface area contributed by atoms with E-state index in [9.17, 15) is 4.79 Å². The molecule has 6 heteroatoms. The van der Waals surface area contributed by atoms with Gasteiger partial charge in [0.05, 0.1) is 18.3 Å². The van der Waals surface area contributed by atoms with Crippen LogP contribution in [-0.4, -0.2) is 50.5 Å². The van der Waals surface area contributed by atoms with Crippen molar-refractivity contribution in [2.24, 2.45) is 4.99 Å². The van der Waals surface area contributed by atoms with Gasteiger partial charge in [-0.1, -0.05) is 26.0 Å². The standard InChI is InChI=1S/C26H30N2O4/c1-15(2)32-22-12-18-19(13-21(22)31-10-9-30-6)26(3,4)25-23(24(18)29)17-8-7-16(14-27-5)11-20(17)28-25/h7-8,11-15,28H,9-10H2,1-6H3. The minimum absolute atomic E-state index is 0.00506. The summed E-state index contributed by atoms with van der Waals surface area (Å²) in [7, 11) is 3.38. The number of ketones is 1. The molecule has 0 spiro atoms. The number of rotatable bonds is 7. The van der Waals surface area contributed by atoms with Gasteiger partial charge in [-0.3, -0.25) is 9.79 Å². The first-order valence-electron chi connectivity index (χ1n) is 10.9. The molecule has 6 nitrogen and oxygen atoms in total. The van der Waals surface area contributed by atoms with E-state index in [1.54, 1.807) is 20.4 Å². The summed E-state index contributed by atoms with van der Waals surface area (Å²) in [6.07, 6.45) is 1.76. The Morgan fingerprint density at radius 1 is 1.12 bits per heavy atom. The van der Waals surface area contributed by atoms with Crippen molar-refractivity contribution in [3.63, 3.8) is 0 Å². The number of nitrogens with one attached hydrogen (secondary N) is 1. The summed E-state index contributed by atoms with van der Waals surface area (Å²) >= 11 is 0. The number of hydrogen-bond acceptors (Lipinski definition) is 5. The number of aromatic nitrogens is 1. The highest BCUT2D eigenvalue weighted by molar-refractivity contribution is 6.20. The van der Waals surface area contributed by atoms with Crippen LogP contribution in [0.15, 0.2) is 35.3 Å². The van der Waals surface area contributed by atoms with E-state index in [-0.39, 0.29) is 11.9 Å². The predicted molar refractivity (Wildman–Crippen MR) is 127 cm³/mol. The van der Waals surface area contributed by atoms with Gasteiger partial charge in [0.1, 0.15) is 6.61 Å². The summed E-state index contributed by atoms with van der Waals surface area (Å²) < 4.78 is 17.1. The molecule has 3 aromatic rings. The zero-order valence-electron chi connectivity index (χ0n) is 19.5. The molecule has 1 N–H and O–H groups in total. The minimum atomic E-state index is -0.424. The molecule has 1 heterocycles. The fraction of sp³-hybridized carbons (Fsp3) is 0.385. The highest BCUT2D eigenvalue weighted by Gasteiger charge is 2.40. The molecule has 0 aliphatic heterocycles. The van der Waals surface area contributed by atoms with Crippen LogP contribution in [0.1, 0.15) is 60.4 Å². The van der Waals surface area contributed by atoms with Gasteiger partial charge in [0.25, 0.3) is 0 Å². The van der Waals surface area contributed by atoms with Gasteiger partial charge in [-0.25, -0.2) is 0 Å². The van der Waals surface area contributed by atoms with E-state index in [0.29, 0.717) is 30.3 Å². The Labute approximate surface area is 188 Å². The first-order chi connectivity index (χ1) is 15.3. The van der Waals surface area contributed by atoms with Crippen molar-refractivity contribution in [1.29, 1.82) is 0 Å². The molecule has 1 aliphatic rings. The molecule has 4 rings (SSSR count). The Morgan fingerprint density at radius 3 is 2.59 bits per heavy atom. The number of fused-ring (bicyclic) bond motifs is 4. The Balaban J connectivity index is 1.89. The average Bonchev–Trinajstić information content (AvgIpc) is 3.13. The Morgan fingerprint density at radius 2 is 1.91 bits per heavy atom. The van der Waals surface area contributed by atoms with E-state index in [1.807, 2.05) is 44.2 Å². The Hall–Kier alpha value is -3.12. The summed E-state index contributed by atoms with van der Waals surface area (Å²) in [6, 6.07) is 9.79. The van der Waals surface area contributed by atoms with Crippen LogP contribution < -0.4 is 9.47 Å². The fourth-order valence-electron chi connectivity index (χ4n) is 4.38. The second kappa shape index (κ2) is 8.43. The lowest BCUT2D eigenvalue weighted by atomic mass is 9.71. The van der Waals surface area contributed by atoms with Crippen LogP contribution in [0.25, 0.3) is 10.9 Å². The van der Waals surface area contributed by atoms with Crippen molar-refractivity contribution in [2.45, 2.75) is 39.2 Å². The number of hydrogen-bond donors (Lipinski definition) is 1. The van der Waals surface area contributed by atoms with Gasteiger partial charge in [0, 0.05) is 47.9 Å². The van der Waals surface area contributed by atoms with Crippen molar-refractivity contribution in [2.75, 3.05) is 27.4 Å². The molecule has 2 aromatic carbocycles. The van der Waals surface area contributed by atoms with Gasteiger partial charge in [-0.15, -0.1) is 0 Å². The van der Waals surface area contributed by atoms with Crippen molar-refractivity contribution in [3.8, 4) is 11.5 Å². The van der Waals surface area contributed by atoms with Crippen LogP contribution in [0.3, 0.4) is 0 Å². The third kappa shape index (κ3) is 3.69. The zero-order valence-corrected chi connectivity index (χ0v) is 19.5. The second-order valence-electron chi connectivity index (χ2n) is 8.87. The molecule has 32 heavy (non-hydrogen) atoms. The molecule has 1 aliphatic carbocycles. The third-order valence-corrected chi connectivity index (χ3v) is 5.86. The molecule has 168 valence electrons. The minimum Gasteiger partial charge on any atom is -0.487 e. The van der Waals surface area contributed by atoms with E-state index in [2.05, 4.69) is 23.8 Å². The van der Waals surface area contributed by atoms with Gasteiger partial charge in [-0.05, 0) is 43.2 Å². The lowest BCUT2D eigenvalue weighted by molar-refractivity contribution is 0.103. The van der Waals surface area contributed by atoms with Crippen molar-refractivity contribution < 1.29 is 19.0 Å².